The molecule has 1 heteroatoms. The van der Waals surface area contributed by atoms with Crippen LogP contribution in [0, 0.1) is 23.7 Å². The van der Waals surface area contributed by atoms with Crippen LogP contribution < -0.4 is 0 Å². The molecule has 0 saturated heterocycles. The van der Waals surface area contributed by atoms with Crippen LogP contribution in [0.3, 0.4) is 0 Å². The molecule has 2 radical (unpaired) electrons. The predicted octanol–water partition coefficient (Wildman–Crippen LogP) is 2.03. The SMILES string of the molecule is C[C]CC(C#N)CC. The minimum absolute atomic E-state index is 0.194. The molecule has 0 aliphatic carbocycles. The van der Waals surface area contributed by atoms with E-state index in [1.807, 2.05) is 13.8 Å². The highest BCUT2D eigenvalue weighted by Crippen LogP contribution is 2.06. The summed E-state index contributed by atoms with van der Waals surface area (Å²) in [6, 6.07) is 2.19. The van der Waals surface area contributed by atoms with E-state index < -0.39 is 0 Å². The van der Waals surface area contributed by atoms with Gasteiger partial charge in [-0.3, -0.25) is 0 Å². The second-order valence-corrected chi connectivity index (χ2v) is 1.79. The molecule has 0 rings (SSSR count). The summed E-state index contributed by atoms with van der Waals surface area (Å²) in [5, 5.41) is 8.37. The van der Waals surface area contributed by atoms with E-state index in [0.29, 0.717) is 0 Å². The lowest BCUT2D eigenvalue weighted by Gasteiger charge is -1.98. The molecular weight excluding hydrogens is 98.1 g/mol. The maximum atomic E-state index is 8.37. The number of hydrogen-bond acceptors (Lipinski definition) is 1. The predicted molar refractivity (Wildman–Crippen MR) is 32.9 cm³/mol. The molecule has 0 aliphatic heterocycles. The molecule has 0 N–H and O–H groups in total. The van der Waals surface area contributed by atoms with Gasteiger partial charge in [-0.1, -0.05) is 13.8 Å². The smallest absolute Gasteiger partial charge is 0.0655 e. The third-order valence-electron chi connectivity index (χ3n) is 1.13. The number of nitriles is 1. The lowest BCUT2D eigenvalue weighted by molar-refractivity contribution is 0.631. The zero-order chi connectivity index (χ0) is 6.41. The van der Waals surface area contributed by atoms with Crippen LogP contribution in [0.5, 0.6) is 0 Å². The van der Waals surface area contributed by atoms with Crippen molar-refractivity contribution < 1.29 is 0 Å². The molecule has 1 nitrogen and oxygen atoms in total. The number of nitrogens with zero attached hydrogens (tertiary/aromatic N) is 1. The van der Waals surface area contributed by atoms with Gasteiger partial charge in [0.1, 0.15) is 0 Å². The minimum atomic E-state index is 0.194. The Morgan fingerprint density at radius 2 is 2.25 bits per heavy atom. The van der Waals surface area contributed by atoms with Crippen LogP contribution in [-0.4, -0.2) is 0 Å². The summed E-state index contributed by atoms with van der Waals surface area (Å²) in [4.78, 5) is 0. The Morgan fingerprint density at radius 3 is 2.38 bits per heavy atom. The fraction of sp³-hybridized carbons (Fsp3) is 0.714. The van der Waals surface area contributed by atoms with E-state index in [1.54, 1.807) is 0 Å². The van der Waals surface area contributed by atoms with Crippen LogP contribution >= 0.6 is 0 Å². The first-order valence-electron chi connectivity index (χ1n) is 2.89. The molecule has 44 valence electrons. The van der Waals surface area contributed by atoms with Gasteiger partial charge in [0.05, 0.1) is 6.07 Å². The lowest BCUT2D eigenvalue weighted by atomic mass is 10.0. The Hall–Kier alpha value is -0.510. The first kappa shape index (κ1) is 7.49. The minimum Gasteiger partial charge on any atom is -0.198 e. The van der Waals surface area contributed by atoms with E-state index in [-0.39, 0.29) is 5.92 Å². The number of rotatable bonds is 3. The highest BCUT2D eigenvalue weighted by molar-refractivity contribution is 4.84. The largest absolute Gasteiger partial charge is 0.198 e. The molecular formula is C7H11N. The average Bonchev–Trinajstić information content (AvgIpc) is 1.83. The van der Waals surface area contributed by atoms with Gasteiger partial charge in [0, 0.05) is 5.92 Å². The second kappa shape index (κ2) is 4.64. The lowest BCUT2D eigenvalue weighted by Crippen LogP contribution is -1.92. The molecule has 0 aromatic carbocycles. The topological polar surface area (TPSA) is 23.8 Å². The third-order valence-corrected chi connectivity index (χ3v) is 1.13. The fourth-order valence-electron chi connectivity index (χ4n) is 0.528. The van der Waals surface area contributed by atoms with Gasteiger partial charge in [0.15, 0.2) is 0 Å². The Kier molecular flexibility index (Phi) is 4.35. The molecule has 1 unspecified atom stereocenters. The van der Waals surface area contributed by atoms with Crippen LogP contribution in [0.25, 0.3) is 0 Å². The molecule has 0 fully saturated rings. The summed E-state index contributed by atoms with van der Waals surface area (Å²) in [7, 11) is 0. The molecule has 0 amide bonds. The zero-order valence-corrected chi connectivity index (χ0v) is 5.44. The van der Waals surface area contributed by atoms with Crippen molar-refractivity contribution in [2.45, 2.75) is 26.7 Å². The van der Waals surface area contributed by atoms with Gasteiger partial charge in [-0.05, 0) is 19.3 Å². The highest BCUT2D eigenvalue weighted by Gasteiger charge is 1.99. The molecule has 0 heterocycles. The monoisotopic (exact) mass is 109 g/mol. The van der Waals surface area contributed by atoms with Crippen LogP contribution in [0.15, 0.2) is 0 Å². The van der Waals surface area contributed by atoms with Gasteiger partial charge in [0.2, 0.25) is 0 Å². The Balaban J connectivity index is 3.26. The van der Waals surface area contributed by atoms with Crippen molar-refractivity contribution >= 4 is 0 Å². The van der Waals surface area contributed by atoms with E-state index in [0.717, 1.165) is 12.8 Å². The first-order chi connectivity index (χ1) is 3.85. The van der Waals surface area contributed by atoms with Crippen molar-refractivity contribution in [1.29, 1.82) is 5.26 Å². The van der Waals surface area contributed by atoms with E-state index in [1.165, 1.54) is 0 Å². The van der Waals surface area contributed by atoms with E-state index in [2.05, 4.69) is 12.5 Å². The van der Waals surface area contributed by atoms with Gasteiger partial charge in [0.25, 0.3) is 0 Å². The summed E-state index contributed by atoms with van der Waals surface area (Å²) in [6.45, 7) is 3.88. The third kappa shape index (κ3) is 2.63. The standard InChI is InChI=1S/C7H11N/c1-3-5-7(4-2)6-8/h7H,4-5H2,1-2H3. The van der Waals surface area contributed by atoms with Crippen LogP contribution in [0.1, 0.15) is 26.7 Å². The maximum absolute atomic E-state index is 8.37. The maximum Gasteiger partial charge on any atom is 0.0655 e. The van der Waals surface area contributed by atoms with Crippen molar-refractivity contribution in [1.82, 2.24) is 0 Å². The van der Waals surface area contributed by atoms with Crippen LogP contribution in [0.2, 0.25) is 0 Å². The van der Waals surface area contributed by atoms with Crippen LogP contribution in [-0.2, 0) is 0 Å². The Bertz CT molecular complexity index is 80.9. The first-order valence-corrected chi connectivity index (χ1v) is 2.89. The molecule has 0 aromatic rings. The summed E-state index contributed by atoms with van der Waals surface area (Å²) in [6.07, 6.45) is 4.70. The Labute approximate surface area is 51.3 Å². The zero-order valence-electron chi connectivity index (χ0n) is 5.44. The second-order valence-electron chi connectivity index (χ2n) is 1.79. The van der Waals surface area contributed by atoms with E-state index in [9.17, 15) is 0 Å². The highest BCUT2D eigenvalue weighted by atomic mass is 14.3. The quantitative estimate of drug-likeness (QED) is 0.544. The van der Waals surface area contributed by atoms with Crippen molar-refractivity contribution in [3.63, 3.8) is 0 Å². The molecule has 8 heavy (non-hydrogen) atoms. The normalized spacial score (nSPS) is 12.6. The van der Waals surface area contributed by atoms with Crippen molar-refractivity contribution in [2.75, 3.05) is 0 Å². The van der Waals surface area contributed by atoms with Crippen molar-refractivity contribution in [2.24, 2.45) is 5.92 Å². The summed E-state index contributed by atoms with van der Waals surface area (Å²) < 4.78 is 0. The summed E-state index contributed by atoms with van der Waals surface area (Å²) in [5.41, 5.74) is 0. The van der Waals surface area contributed by atoms with Gasteiger partial charge in [-0.25, -0.2) is 0 Å². The van der Waals surface area contributed by atoms with Gasteiger partial charge in [-0.2, -0.15) is 5.26 Å². The van der Waals surface area contributed by atoms with Crippen LogP contribution in [0.4, 0.5) is 0 Å². The summed E-state index contributed by atoms with van der Waals surface area (Å²) >= 11 is 0. The van der Waals surface area contributed by atoms with E-state index >= 15 is 0 Å². The molecule has 0 bridgehead atoms. The van der Waals surface area contributed by atoms with E-state index in [4.69, 9.17) is 5.26 Å². The molecule has 0 aromatic heterocycles. The van der Waals surface area contributed by atoms with Crippen molar-refractivity contribution in [3.8, 4) is 6.07 Å². The Morgan fingerprint density at radius 1 is 1.62 bits per heavy atom. The molecule has 0 saturated carbocycles. The van der Waals surface area contributed by atoms with Crippen molar-refractivity contribution in [3.05, 3.63) is 6.42 Å². The molecule has 0 aliphatic rings. The van der Waals surface area contributed by atoms with Gasteiger partial charge in [-0.15, -0.1) is 0 Å². The molecule has 1 atom stereocenters. The summed E-state index contributed by atoms with van der Waals surface area (Å²) in [5.74, 6) is 0.194. The number of hydrogen-bond donors (Lipinski definition) is 0. The van der Waals surface area contributed by atoms with Gasteiger partial charge < -0.3 is 0 Å². The fourth-order valence-corrected chi connectivity index (χ4v) is 0.528. The van der Waals surface area contributed by atoms with Gasteiger partial charge >= 0.3 is 0 Å². The average molecular weight is 109 g/mol. The molecule has 0 spiro atoms.